The monoisotopic (exact) mass is 276 g/mol. The molecule has 1 aliphatic rings. The smallest absolute Gasteiger partial charge is 0.221 e. The molecule has 0 unspecified atom stereocenters. The molecule has 4 heteroatoms. The summed E-state index contributed by atoms with van der Waals surface area (Å²) in [6, 6.07) is 0. The molecule has 1 saturated heterocycles. The highest BCUT2D eigenvalue weighted by Gasteiger charge is 2.05. The Hall–Kier alpha value is -0.610. The number of amides is 1. The molecule has 1 rings (SSSR count). The van der Waals surface area contributed by atoms with E-state index >= 15 is 0 Å². The number of rotatable bonds is 2. The summed E-state index contributed by atoms with van der Waals surface area (Å²) < 4.78 is 5.16. The van der Waals surface area contributed by atoms with Gasteiger partial charge in [0.05, 0.1) is 13.2 Å². The van der Waals surface area contributed by atoms with Crippen molar-refractivity contribution in [2.75, 3.05) is 46.9 Å². The normalized spacial score (nSPS) is 13.7. The molecule has 1 fully saturated rings. The molecule has 0 spiro atoms. The van der Waals surface area contributed by atoms with E-state index < -0.39 is 0 Å². The van der Waals surface area contributed by atoms with E-state index in [4.69, 9.17) is 4.74 Å². The van der Waals surface area contributed by atoms with Gasteiger partial charge in [0.1, 0.15) is 0 Å². The SMILES string of the molecule is CC.CC.CCC(=O)N(C)C.CCN1CCOCC1. The number of nitrogens with zero attached hydrogens (tertiary/aromatic N) is 2. The molecule has 1 aliphatic heterocycles. The fourth-order valence-corrected chi connectivity index (χ4v) is 1.23. The van der Waals surface area contributed by atoms with Crippen LogP contribution in [0.15, 0.2) is 0 Å². The van der Waals surface area contributed by atoms with Crippen molar-refractivity contribution in [1.82, 2.24) is 9.80 Å². The van der Waals surface area contributed by atoms with Crippen LogP contribution in [-0.2, 0) is 9.53 Å². The summed E-state index contributed by atoms with van der Waals surface area (Å²) in [4.78, 5) is 14.4. The van der Waals surface area contributed by atoms with Gasteiger partial charge >= 0.3 is 0 Å². The van der Waals surface area contributed by atoms with Gasteiger partial charge in [-0.3, -0.25) is 9.69 Å². The maximum Gasteiger partial charge on any atom is 0.221 e. The first-order valence-electron chi connectivity index (χ1n) is 7.62. The van der Waals surface area contributed by atoms with Crippen molar-refractivity contribution in [1.29, 1.82) is 0 Å². The van der Waals surface area contributed by atoms with Crippen molar-refractivity contribution < 1.29 is 9.53 Å². The quantitative estimate of drug-likeness (QED) is 0.777. The Morgan fingerprint density at radius 1 is 1.05 bits per heavy atom. The van der Waals surface area contributed by atoms with Crippen LogP contribution in [-0.4, -0.2) is 62.7 Å². The minimum atomic E-state index is 0.181. The molecular weight excluding hydrogens is 240 g/mol. The number of carbonyl (C=O) groups excluding carboxylic acids is 1. The van der Waals surface area contributed by atoms with Crippen molar-refractivity contribution in [2.45, 2.75) is 48.0 Å². The molecule has 0 saturated carbocycles. The lowest BCUT2D eigenvalue weighted by Gasteiger charge is -2.24. The van der Waals surface area contributed by atoms with Crippen molar-refractivity contribution >= 4 is 5.91 Å². The Bertz CT molecular complexity index is 168. The minimum absolute atomic E-state index is 0.181. The van der Waals surface area contributed by atoms with Gasteiger partial charge in [0.2, 0.25) is 5.91 Å². The predicted molar refractivity (Wildman–Crippen MR) is 84.6 cm³/mol. The molecule has 19 heavy (non-hydrogen) atoms. The third-order valence-corrected chi connectivity index (χ3v) is 2.35. The zero-order valence-corrected chi connectivity index (χ0v) is 14.5. The number of ether oxygens (including phenoxy) is 1. The van der Waals surface area contributed by atoms with Crippen LogP contribution in [0.1, 0.15) is 48.0 Å². The second-order valence-electron chi connectivity index (χ2n) is 3.69. The Kier molecular flexibility index (Phi) is 24.4. The van der Waals surface area contributed by atoms with Gasteiger partial charge in [-0.15, -0.1) is 0 Å². The molecule has 0 aromatic heterocycles. The van der Waals surface area contributed by atoms with E-state index in [0.717, 1.165) is 26.3 Å². The number of hydrogen-bond donors (Lipinski definition) is 0. The summed E-state index contributed by atoms with van der Waals surface area (Å²) in [6.45, 7) is 17.3. The number of hydrogen-bond acceptors (Lipinski definition) is 3. The van der Waals surface area contributed by atoms with E-state index in [1.165, 1.54) is 6.54 Å². The maximum absolute atomic E-state index is 10.4. The lowest BCUT2D eigenvalue weighted by molar-refractivity contribution is -0.128. The first kappa shape index (κ1) is 23.5. The number of morpholine rings is 1. The van der Waals surface area contributed by atoms with E-state index in [2.05, 4.69) is 11.8 Å². The van der Waals surface area contributed by atoms with E-state index in [1.807, 2.05) is 34.6 Å². The first-order chi connectivity index (χ1) is 9.11. The number of carbonyl (C=O) groups is 1. The average molecular weight is 276 g/mol. The molecule has 0 bridgehead atoms. The van der Waals surface area contributed by atoms with Crippen LogP contribution in [0.2, 0.25) is 0 Å². The Morgan fingerprint density at radius 2 is 1.47 bits per heavy atom. The molecule has 0 aliphatic carbocycles. The van der Waals surface area contributed by atoms with E-state index in [1.54, 1.807) is 19.0 Å². The summed E-state index contributed by atoms with van der Waals surface area (Å²) in [7, 11) is 3.51. The molecule has 118 valence electrons. The highest BCUT2D eigenvalue weighted by molar-refractivity contribution is 5.75. The van der Waals surface area contributed by atoms with Crippen LogP contribution in [0.5, 0.6) is 0 Å². The standard InChI is InChI=1S/C6H13NO.C5H11NO.2C2H6/c1-2-7-3-5-8-6-4-7;1-4-5(7)6(2)3;2*1-2/h2-6H2,1H3;4H2,1-3H3;2*1-2H3. The zero-order chi connectivity index (χ0) is 15.7. The highest BCUT2D eigenvalue weighted by atomic mass is 16.5. The van der Waals surface area contributed by atoms with Crippen LogP contribution in [0.3, 0.4) is 0 Å². The van der Waals surface area contributed by atoms with Crippen molar-refractivity contribution in [3.63, 3.8) is 0 Å². The maximum atomic E-state index is 10.4. The van der Waals surface area contributed by atoms with Gasteiger partial charge in [0.15, 0.2) is 0 Å². The topological polar surface area (TPSA) is 32.8 Å². The molecule has 0 atom stereocenters. The molecule has 1 heterocycles. The highest BCUT2D eigenvalue weighted by Crippen LogP contribution is 1.93. The summed E-state index contributed by atoms with van der Waals surface area (Å²) in [6.07, 6.45) is 0.604. The summed E-state index contributed by atoms with van der Waals surface area (Å²) in [5.41, 5.74) is 0. The third kappa shape index (κ3) is 17.4. The van der Waals surface area contributed by atoms with Crippen LogP contribution < -0.4 is 0 Å². The van der Waals surface area contributed by atoms with Gasteiger partial charge in [0.25, 0.3) is 0 Å². The Labute approximate surface area is 121 Å². The lowest BCUT2D eigenvalue weighted by Crippen LogP contribution is -2.35. The Balaban J connectivity index is -0.000000215. The van der Waals surface area contributed by atoms with Gasteiger partial charge in [-0.2, -0.15) is 0 Å². The zero-order valence-electron chi connectivity index (χ0n) is 14.5. The summed E-state index contributed by atoms with van der Waals surface area (Å²) in [5.74, 6) is 0.181. The van der Waals surface area contributed by atoms with Crippen molar-refractivity contribution in [2.24, 2.45) is 0 Å². The Morgan fingerprint density at radius 3 is 1.63 bits per heavy atom. The molecule has 0 N–H and O–H groups in total. The second-order valence-corrected chi connectivity index (χ2v) is 3.69. The molecule has 0 radical (unpaired) electrons. The van der Waals surface area contributed by atoms with Crippen molar-refractivity contribution in [3.8, 4) is 0 Å². The van der Waals surface area contributed by atoms with Crippen LogP contribution in [0.25, 0.3) is 0 Å². The second kappa shape index (κ2) is 19.7. The van der Waals surface area contributed by atoms with E-state index in [9.17, 15) is 4.79 Å². The molecule has 1 amide bonds. The van der Waals surface area contributed by atoms with Crippen molar-refractivity contribution in [3.05, 3.63) is 0 Å². The van der Waals surface area contributed by atoms with Gasteiger partial charge in [-0.25, -0.2) is 0 Å². The van der Waals surface area contributed by atoms with Crippen LogP contribution in [0.4, 0.5) is 0 Å². The summed E-state index contributed by atoms with van der Waals surface area (Å²) in [5, 5.41) is 0. The van der Waals surface area contributed by atoms with Gasteiger partial charge in [-0.05, 0) is 6.54 Å². The van der Waals surface area contributed by atoms with E-state index in [0.29, 0.717) is 6.42 Å². The molecule has 0 aromatic carbocycles. The fraction of sp³-hybridized carbons (Fsp3) is 0.933. The molecule has 4 nitrogen and oxygen atoms in total. The van der Waals surface area contributed by atoms with Crippen LogP contribution >= 0.6 is 0 Å². The molecule has 0 aromatic rings. The predicted octanol–water partition coefficient (Wildman–Crippen LogP) is 2.88. The average Bonchev–Trinajstić information content (AvgIpc) is 2.51. The van der Waals surface area contributed by atoms with Gasteiger partial charge < -0.3 is 9.64 Å². The molecular formula is C15H36N2O2. The summed E-state index contributed by atoms with van der Waals surface area (Å²) >= 11 is 0. The van der Waals surface area contributed by atoms with Gasteiger partial charge in [-0.1, -0.05) is 41.5 Å². The first-order valence-corrected chi connectivity index (χ1v) is 7.62. The largest absolute Gasteiger partial charge is 0.379 e. The third-order valence-electron chi connectivity index (χ3n) is 2.35. The fourth-order valence-electron chi connectivity index (χ4n) is 1.23. The minimum Gasteiger partial charge on any atom is -0.379 e. The lowest BCUT2D eigenvalue weighted by atomic mass is 10.4. The van der Waals surface area contributed by atoms with Crippen LogP contribution in [0, 0.1) is 0 Å². The number of likely N-dealkylation sites (N-methyl/N-ethyl adjacent to an activating group) is 1. The van der Waals surface area contributed by atoms with E-state index in [-0.39, 0.29) is 5.91 Å². The van der Waals surface area contributed by atoms with Gasteiger partial charge in [0, 0.05) is 33.6 Å².